The number of nitrogens with one attached hydrogen (secondary N) is 1. The highest BCUT2D eigenvalue weighted by atomic mass is 35.5. The van der Waals surface area contributed by atoms with Crippen molar-refractivity contribution in [2.24, 2.45) is 5.10 Å². The number of aromatic nitrogens is 3. The number of halogens is 1. The van der Waals surface area contributed by atoms with Crippen molar-refractivity contribution in [1.82, 2.24) is 14.9 Å². The molecule has 0 amide bonds. The lowest BCUT2D eigenvalue weighted by atomic mass is 10.2. The van der Waals surface area contributed by atoms with Gasteiger partial charge in [-0.25, -0.2) is 5.10 Å². The van der Waals surface area contributed by atoms with Gasteiger partial charge in [-0.15, -0.1) is 0 Å². The van der Waals surface area contributed by atoms with Crippen LogP contribution in [0.4, 0.5) is 0 Å². The monoisotopic (exact) mass is 404 g/mol. The van der Waals surface area contributed by atoms with Crippen LogP contribution in [-0.4, -0.2) is 35.3 Å². The Morgan fingerprint density at radius 3 is 2.41 bits per heavy atom. The van der Waals surface area contributed by atoms with Crippen molar-refractivity contribution in [2.45, 2.75) is 6.61 Å². The maximum Gasteiger partial charge on any atom is 0.216 e. The first-order chi connectivity index (χ1) is 13.1. The molecule has 2 aromatic carbocycles. The molecule has 1 N–H and O–H groups in total. The van der Waals surface area contributed by atoms with Crippen LogP contribution < -0.4 is 14.2 Å². The molecule has 27 heavy (non-hydrogen) atoms. The smallest absolute Gasteiger partial charge is 0.216 e. The molecule has 3 aromatic rings. The summed E-state index contributed by atoms with van der Waals surface area (Å²) in [7, 11) is 3.18. The summed E-state index contributed by atoms with van der Waals surface area (Å²) in [6, 6.07) is 12.5. The molecule has 0 unspecified atom stereocenters. The van der Waals surface area contributed by atoms with E-state index in [0.29, 0.717) is 32.9 Å². The third-order valence-corrected chi connectivity index (χ3v) is 4.11. The largest absolute Gasteiger partial charge is 0.497 e. The Balaban J connectivity index is 1.79. The van der Waals surface area contributed by atoms with Crippen LogP contribution >= 0.6 is 23.8 Å². The first-order valence-corrected chi connectivity index (χ1v) is 8.70. The molecule has 0 fully saturated rings. The minimum atomic E-state index is 0.188. The summed E-state index contributed by atoms with van der Waals surface area (Å²) >= 11 is 11.1. The fourth-order valence-electron chi connectivity index (χ4n) is 2.24. The van der Waals surface area contributed by atoms with Crippen molar-refractivity contribution in [3.05, 3.63) is 63.6 Å². The standard InChI is InChI=1S/C18H17ClN4O3S/c1-24-15-7-12(8-16(9-15)25-2)10-20-23-17(21-22-18(23)27)11-26-14-5-3-13(19)4-6-14/h3-10H,11H2,1-2H3,(H,22,27)/b20-10-. The fourth-order valence-corrected chi connectivity index (χ4v) is 2.57. The van der Waals surface area contributed by atoms with Gasteiger partial charge in [0.25, 0.3) is 0 Å². The third-order valence-electron chi connectivity index (χ3n) is 3.60. The molecule has 0 saturated carbocycles. The topological polar surface area (TPSA) is 73.7 Å². The van der Waals surface area contributed by atoms with Gasteiger partial charge in [0.1, 0.15) is 23.9 Å². The number of H-pyrrole nitrogens is 1. The SMILES string of the molecule is COc1cc(/C=N\n2c(COc3ccc(Cl)cc3)n[nH]c2=S)cc(OC)c1. The molecular weight excluding hydrogens is 388 g/mol. The Morgan fingerprint density at radius 2 is 1.78 bits per heavy atom. The Kier molecular flexibility index (Phi) is 6.10. The van der Waals surface area contributed by atoms with E-state index in [1.54, 1.807) is 50.8 Å². The average Bonchev–Trinajstić information content (AvgIpc) is 3.05. The number of aromatic amines is 1. The van der Waals surface area contributed by atoms with Gasteiger partial charge < -0.3 is 14.2 Å². The van der Waals surface area contributed by atoms with Gasteiger partial charge in [-0.2, -0.15) is 14.9 Å². The summed E-state index contributed by atoms with van der Waals surface area (Å²) in [4.78, 5) is 0. The molecule has 0 aliphatic heterocycles. The van der Waals surface area contributed by atoms with Gasteiger partial charge in [0.15, 0.2) is 5.82 Å². The second kappa shape index (κ2) is 8.70. The minimum Gasteiger partial charge on any atom is -0.497 e. The molecule has 0 aliphatic rings. The summed E-state index contributed by atoms with van der Waals surface area (Å²) in [6.45, 7) is 0.188. The van der Waals surface area contributed by atoms with Gasteiger partial charge in [-0.1, -0.05) is 11.6 Å². The Morgan fingerprint density at radius 1 is 1.11 bits per heavy atom. The van der Waals surface area contributed by atoms with Gasteiger partial charge in [0, 0.05) is 16.7 Å². The number of ether oxygens (including phenoxy) is 3. The van der Waals surface area contributed by atoms with E-state index in [2.05, 4.69) is 15.3 Å². The lowest BCUT2D eigenvalue weighted by molar-refractivity contribution is 0.290. The van der Waals surface area contributed by atoms with Gasteiger partial charge in [0.2, 0.25) is 4.77 Å². The molecule has 9 heteroatoms. The van der Waals surface area contributed by atoms with E-state index in [1.807, 2.05) is 12.1 Å². The summed E-state index contributed by atoms with van der Waals surface area (Å²) in [5.74, 6) is 2.53. The van der Waals surface area contributed by atoms with Crippen molar-refractivity contribution < 1.29 is 14.2 Å². The fraction of sp³-hybridized carbons (Fsp3) is 0.167. The van der Waals surface area contributed by atoms with E-state index in [9.17, 15) is 0 Å². The Bertz CT molecular complexity index is 976. The number of hydrogen-bond donors (Lipinski definition) is 1. The van der Waals surface area contributed by atoms with Crippen LogP contribution in [0.5, 0.6) is 17.2 Å². The van der Waals surface area contributed by atoms with Crippen molar-refractivity contribution in [3.63, 3.8) is 0 Å². The van der Waals surface area contributed by atoms with E-state index in [-0.39, 0.29) is 6.61 Å². The normalized spacial score (nSPS) is 10.9. The van der Waals surface area contributed by atoms with E-state index >= 15 is 0 Å². The van der Waals surface area contributed by atoms with Crippen LogP contribution in [0.3, 0.4) is 0 Å². The van der Waals surface area contributed by atoms with Crippen molar-refractivity contribution in [1.29, 1.82) is 0 Å². The lowest BCUT2D eigenvalue weighted by Gasteiger charge is -2.06. The zero-order valence-electron chi connectivity index (χ0n) is 14.7. The Hall–Kier alpha value is -2.84. The molecule has 3 rings (SSSR count). The lowest BCUT2D eigenvalue weighted by Crippen LogP contribution is -2.04. The highest BCUT2D eigenvalue weighted by molar-refractivity contribution is 7.71. The molecule has 1 aromatic heterocycles. The van der Waals surface area contributed by atoms with Gasteiger partial charge in [0.05, 0.1) is 20.4 Å². The predicted molar refractivity (Wildman–Crippen MR) is 106 cm³/mol. The molecule has 0 saturated heterocycles. The Labute approximate surface area is 166 Å². The second-order valence-corrected chi connectivity index (χ2v) is 6.21. The molecule has 140 valence electrons. The quantitative estimate of drug-likeness (QED) is 0.474. The molecular formula is C18H17ClN4O3S. The minimum absolute atomic E-state index is 0.188. The first-order valence-electron chi connectivity index (χ1n) is 7.91. The number of nitrogens with zero attached hydrogens (tertiary/aromatic N) is 3. The molecule has 7 nitrogen and oxygen atoms in total. The van der Waals surface area contributed by atoms with E-state index in [0.717, 1.165) is 5.56 Å². The summed E-state index contributed by atoms with van der Waals surface area (Å²) in [6.07, 6.45) is 1.64. The first kappa shape index (κ1) is 18.9. The van der Waals surface area contributed by atoms with Crippen LogP contribution in [0.1, 0.15) is 11.4 Å². The molecule has 0 spiro atoms. The zero-order valence-corrected chi connectivity index (χ0v) is 16.3. The second-order valence-electron chi connectivity index (χ2n) is 5.39. The average molecular weight is 405 g/mol. The van der Waals surface area contributed by atoms with Crippen LogP contribution in [0.25, 0.3) is 0 Å². The maximum atomic E-state index is 5.87. The summed E-state index contributed by atoms with van der Waals surface area (Å²) < 4.78 is 18.1. The molecule has 0 radical (unpaired) electrons. The van der Waals surface area contributed by atoms with E-state index in [4.69, 9.17) is 38.0 Å². The van der Waals surface area contributed by atoms with Gasteiger partial charge in [-0.3, -0.25) is 0 Å². The van der Waals surface area contributed by atoms with Crippen LogP contribution in [0.15, 0.2) is 47.6 Å². The highest BCUT2D eigenvalue weighted by Gasteiger charge is 2.07. The van der Waals surface area contributed by atoms with E-state index in [1.165, 1.54) is 4.68 Å². The van der Waals surface area contributed by atoms with E-state index < -0.39 is 0 Å². The molecule has 0 bridgehead atoms. The highest BCUT2D eigenvalue weighted by Crippen LogP contribution is 2.21. The summed E-state index contributed by atoms with van der Waals surface area (Å²) in [5, 5.41) is 11.9. The summed E-state index contributed by atoms with van der Waals surface area (Å²) in [5.41, 5.74) is 0.791. The zero-order chi connectivity index (χ0) is 19.2. The number of methoxy groups -OCH3 is 2. The number of benzene rings is 2. The maximum absolute atomic E-state index is 5.87. The van der Waals surface area contributed by atoms with Crippen molar-refractivity contribution in [3.8, 4) is 17.2 Å². The predicted octanol–water partition coefficient (Wildman–Crippen LogP) is 4.07. The molecule has 0 aliphatic carbocycles. The van der Waals surface area contributed by atoms with Crippen LogP contribution in [0.2, 0.25) is 5.02 Å². The number of rotatable bonds is 7. The number of hydrogen-bond acceptors (Lipinski definition) is 6. The third kappa shape index (κ3) is 4.87. The van der Waals surface area contributed by atoms with Gasteiger partial charge in [-0.05, 0) is 48.6 Å². The van der Waals surface area contributed by atoms with Gasteiger partial charge >= 0.3 is 0 Å². The van der Waals surface area contributed by atoms with Crippen LogP contribution in [-0.2, 0) is 6.61 Å². The molecule has 0 atom stereocenters. The molecule has 1 heterocycles. The van der Waals surface area contributed by atoms with Crippen molar-refractivity contribution >= 4 is 30.0 Å². The van der Waals surface area contributed by atoms with Crippen molar-refractivity contribution in [2.75, 3.05) is 14.2 Å². The van der Waals surface area contributed by atoms with Crippen LogP contribution in [0, 0.1) is 4.77 Å².